The van der Waals surface area contributed by atoms with Gasteiger partial charge in [-0.05, 0) is 50.2 Å². The van der Waals surface area contributed by atoms with Crippen LogP contribution in [0.2, 0.25) is 0 Å². The number of hydrogen-bond donors (Lipinski definition) is 1. The summed E-state index contributed by atoms with van der Waals surface area (Å²) in [6, 6.07) is 18.5. The van der Waals surface area contributed by atoms with Crippen LogP contribution in [0.1, 0.15) is 29.8 Å². The molecule has 0 aliphatic carbocycles. The number of carbonyl (C=O) groups is 2. The third-order valence-corrected chi connectivity index (χ3v) is 5.16. The Kier molecular flexibility index (Phi) is 5.54. The van der Waals surface area contributed by atoms with Gasteiger partial charge in [0.2, 0.25) is 0 Å². The van der Waals surface area contributed by atoms with Crippen molar-refractivity contribution in [2.24, 2.45) is 0 Å². The normalized spacial score (nSPS) is 17.7. The van der Waals surface area contributed by atoms with Gasteiger partial charge >= 0.3 is 0 Å². The number of aliphatic hydroxyl groups is 1. The summed E-state index contributed by atoms with van der Waals surface area (Å²) in [5, 5.41) is 11.0. The molecular formula is C25H22N2O4. The first-order valence-electron chi connectivity index (χ1n) is 10.0. The zero-order valence-corrected chi connectivity index (χ0v) is 17.3. The van der Waals surface area contributed by atoms with E-state index in [1.807, 2.05) is 26.0 Å². The van der Waals surface area contributed by atoms with Gasteiger partial charge in [0.1, 0.15) is 17.6 Å². The van der Waals surface area contributed by atoms with E-state index in [-0.39, 0.29) is 11.3 Å². The Morgan fingerprint density at radius 2 is 1.74 bits per heavy atom. The van der Waals surface area contributed by atoms with Crippen molar-refractivity contribution in [3.8, 4) is 5.75 Å². The highest BCUT2D eigenvalue weighted by Gasteiger charge is 2.47. The molecule has 1 aromatic heterocycles. The summed E-state index contributed by atoms with van der Waals surface area (Å²) in [5.74, 6) is -1.02. The molecule has 3 aromatic rings. The number of ketones is 1. The molecule has 0 radical (unpaired) electrons. The first kappa shape index (κ1) is 20.3. The summed E-state index contributed by atoms with van der Waals surface area (Å²) in [7, 11) is 0. The van der Waals surface area contributed by atoms with Gasteiger partial charge in [-0.25, -0.2) is 0 Å². The zero-order chi connectivity index (χ0) is 22.0. The van der Waals surface area contributed by atoms with Crippen LogP contribution in [0.25, 0.3) is 5.76 Å². The Morgan fingerprint density at radius 1 is 1.03 bits per heavy atom. The number of aromatic nitrogens is 1. The summed E-state index contributed by atoms with van der Waals surface area (Å²) >= 11 is 0. The molecule has 2 heterocycles. The number of aliphatic hydroxyl groups excluding tert-OH is 1. The van der Waals surface area contributed by atoms with E-state index in [1.165, 1.54) is 4.90 Å². The molecule has 4 rings (SSSR count). The van der Waals surface area contributed by atoms with E-state index in [0.717, 1.165) is 5.56 Å². The highest BCUT2D eigenvalue weighted by atomic mass is 16.5. The fourth-order valence-electron chi connectivity index (χ4n) is 3.65. The van der Waals surface area contributed by atoms with Crippen molar-refractivity contribution in [2.45, 2.75) is 19.9 Å². The molecule has 0 bridgehead atoms. The number of aryl methyl sites for hydroxylation is 1. The molecule has 1 aliphatic rings. The fourth-order valence-corrected chi connectivity index (χ4v) is 3.65. The quantitative estimate of drug-likeness (QED) is 0.380. The van der Waals surface area contributed by atoms with Crippen LogP contribution >= 0.6 is 0 Å². The molecule has 1 atom stereocenters. The summed E-state index contributed by atoms with van der Waals surface area (Å²) in [4.78, 5) is 31.9. The van der Waals surface area contributed by atoms with Crippen LogP contribution in [-0.4, -0.2) is 28.4 Å². The maximum Gasteiger partial charge on any atom is 0.300 e. The zero-order valence-electron chi connectivity index (χ0n) is 17.3. The number of Topliss-reactive ketones (excluding diaryl/α,β-unsaturated/α-hetero) is 1. The van der Waals surface area contributed by atoms with E-state index in [4.69, 9.17) is 4.74 Å². The fraction of sp³-hybridized carbons (Fsp3) is 0.160. The summed E-state index contributed by atoms with van der Waals surface area (Å²) in [6.45, 7) is 4.34. The lowest BCUT2D eigenvalue weighted by atomic mass is 9.97. The van der Waals surface area contributed by atoms with E-state index in [1.54, 1.807) is 60.8 Å². The number of rotatable bonds is 5. The van der Waals surface area contributed by atoms with E-state index in [0.29, 0.717) is 29.3 Å². The van der Waals surface area contributed by atoms with Crippen LogP contribution in [0.5, 0.6) is 5.75 Å². The van der Waals surface area contributed by atoms with Gasteiger partial charge in [-0.3, -0.25) is 19.5 Å². The third kappa shape index (κ3) is 3.80. The van der Waals surface area contributed by atoms with Crippen molar-refractivity contribution in [3.05, 3.63) is 95.3 Å². The molecule has 1 amide bonds. The first-order valence-corrected chi connectivity index (χ1v) is 10.0. The van der Waals surface area contributed by atoms with E-state index in [2.05, 4.69) is 4.98 Å². The minimum Gasteiger partial charge on any atom is -0.507 e. The van der Waals surface area contributed by atoms with Gasteiger partial charge in [0.05, 0.1) is 17.9 Å². The second-order valence-corrected chi connectivity index (χ2v) is 7.22. The molecular weight excluding hydrogens is 392 g/mol. The third-order valence-electron chi connectivity index (χ3n) is 5.16. The van der Waals surface area contributed by atoms with E-state index < -0.39 is 17.7 Å². The predicted octanol–water partition coefficient (Wildman–Crippen LogP) is 4.42. The number of carbonyl (C=O) groups excluding carboxylic acids is 2. The largest absolute Gasteiger partial charge is 0.507 e. The second kappa shape index (κ2) is 8.44. The highest BCUT2D eigenvalue weighted by Crippen LogP contribution is 2.41. The Bertz CT molecular complexity index is 1140. The average Bonchev–Trinajstić information content (AvgIpc) is 3.06. The maximum absolute atomic E-state index is 13.1. The molecule has 2 aromatic carbocycles. The minimum absolute atomic E-state index is 0.0152. The van der Waals surface area contributed by atoms with E-state index in [9.17, 15) is 14.7 Å². The Morgan fingerprint density at radius 3 is 2.35 bits per heavy atom. The van der Waals surface area contributed by atoms with Crippen LogP contribution in [0, 0.1) is 6.92 Å². The number of anilines is 1. The van der Waals surface area contributed by atoms with Gasteiger partial charge in [0.15, 0.2) is 0 Å². The van der Waals surface area contributed by atoms with Crippen molar-refractivity contribution in [2.75, 3.05) is 11.5 Å². The SMILES string of the molecule is CCOc1ccc(N2C(=O)C(=O)C(=C(O)c3ccc(C)cc3)[C@H]2c2ccccn2)cc1. The lowest BCUT2D eigenvalue weighted by molar-refractivity contribution is -0.132. The van der Waals surface area contributed by atoms with Crippen molar-refractivity contribution in [1.29, 1.82) is 0 Å². The lowest BCUT2D eigenvalue weighted by Gasteiger charge is -2.24. The molecule has 1 N–H and O–H groups in total. The number of ether oxygens (including phenoxy) is 1. The minimum atomic E-state index is -0.847. The van der Waals surface area contributed by atoms with Crippen LogP contribution in [0.4, 0.5) is 5.69 Å². The van der Waals surface area contributed by atoms with Crippen LogP contribution in [0.15, 0.2) is 78.5 Å². The van der Waals surface area contributed by atoms with Crippen LogP contribution < -0.4 is 9.64 Å². The molecule has 0 unspecified atom stereocenters. The van der Waals surface area contributed by atoms with Crippen molar-refractivity contribution >= 4 is 23.1 Å². The smallest absolute Gasteiger partial charge is 0.300 e. The molecule has 1 aliphatic heterocycles. The van der Waals surface area contributed by atoms with Gasteiger partial charge in [-0.15, -0.1) is 0 Å². The molecule has 6 heteroatoms. The number of hydrogen-bond acceptors (Lipinski definition) is 5. The summed E-state index contributed by atoms with van der Waals surface area (Å²) < 4.78 is 5.48. The Labute approximate surface area is 180 Å². The number of nitrogens with zero attached hydrogens (tertiary/aromatic N) is 2. The first-order chi connectivity index (χ1) is 15.0. The van der Waals surface area contributed by atoms with Crippen molar-refractivity contribution in [3.63, 3.8) is 0 Å². The topological polar surface area (TPSA) is 79.7 Å². The van der Waals surface area contributed by atoms with Crippen molar-refractivity contribution < 1.29 is 19.4 Å². The van der Waals surface area contributed by atoms with Gasteiger partial charge in [0.25, 0.3) is 11.7 Å². The number of benzene rings is 2. The van der Waals surface area contributed by atoms with Gasteiger partial charge in [0, 0.05) is 17.4 Å². The number of amides is 1. The number of pyridine rings is 1. The summed E-state index contributed by atoms with van der Waals surface area (Å²) in [6.07, 6.45) is 1.60. The van der Waals surface area contributed by atoms with Crippen LogP contribution in [0.3, 0.4) is 0 Å². The van der Waals surface area contributed by atoms with Crippen molar-refractivity contribution in [1.82, 2.24) is 4.98 Å². The molecule has 0 spiro atoms. The molecule has 1 saturated heterocycles. The standard InChI is InChI=1S/C25H22N2O4/c1-3-31-19-13-11-18(12-14-19)27-22(20-6-4-5-15-26-20)21(24(29)25(27)30)23(28)17-9-7-16(2)8-10-17/h4-15,22,28H,3H2,1-2H3/t22-/m1/s1. The van der Waals surface area contributed by atoms with Gasteiger partial charge in [-0.1, -0.05) is 35.9 Å². The molecule has 1 fully saturated rings. The molecule has 0 saturated carbocycles. The summed E-state index contributed by atoms with van der Waals surface area (Å²) in [5.41, 5.74) is 2.51. The molecule has 31 heavy (non-hydrogen) atoms. The monoisotopic (exact) mass is 414 g/mol. The van der Waals surface area contributed by atoms with Crippen LogP contribution in [-0.2, 0) is 9.59 Å². The highest BCUT2D eigenvalue weighted by molar-refractivity contribution is 6.51. The Hall–Kier alpha value is -3.93. The average molecular weight is 414 g/mol. The maximum atomic E-state index is 13.1. The van der Waals surface area contributed by atoms with Gasteiger partial charge in [-0.2, -0.15) is 0 Å². The molecule has 156 valence electrons. The van der Waals surface area contributed by atoms with E-state index >= 15 is 0 Å². The Balaban J connectivity index is 1.87. The predicted molar refractivity (Wildman–Crippen MR) is 118 cm³/mol. The van der Waals surface area contributed by atoms with Gasteiger partial charge < -0.3 is 9.84 Å². The lowest BCUT2D eigenvalue weighted by Crippen LogP contribution is -2.29. The molecule has 6 nitrogen and oxygen atoms in total. The second-order valence-electron chi connectivity index (χ2n) is 7.22.